The van der Waals surface area contributed by atoms with Gasteiger partial charge in [-0.3, -0.25) is 13.9 Å². The standard InChI is InChI=1S/C13H18FN3O2S.C11H16FN3OS.C7H12BrFS/c1-4-9-7(2)11(14)12(20-9)17-6-5-10(15-8(3)18)16-13(17)19;1-3-7-6(2)9(12)10(17-7)15-5-4-8(13)14-11(15)16;1-3-5-4(2)6(9)7(8)10-5/h5-7,9,11-12H,4H2,1-3H3,(H,15,16,18,19);4-7,9-10H,3H2,1-2H3,(H2,13,14,16);4-7H,3H2,1-2H3/t7-,9-,11+,12-;6-,7-,9+,10-;4-,5-,6+,7?/m111/s1. The van der Waals surface area contributed by atoms with Crippen LogP contribution in [0.15, 0.2) is 34.1 Å². The topological polar surface area (TPSA) is 125 Å². The zero-order chi connectivity index (χ0) is 35.2. The van der Waals surface area contributed by atoms with E-state index in [4.69, 9.17) is 5.73 Å². The lowest BCUT2D eigenvalue weighted by Crippen LogP contribution is -2.30. The van der Waals surface area contributed by atoms with Gasteiger partial charge < -0.3 is 11.1 Å². The maximum absolute atomic E-state index is 14.3. The van der Waals surface area contributed by atoms with E-state index in [1.807, 2.05) is 34.6 Å². The molecule has 0 aliphatic carbocycles. The number of halogens is 4. The van der Waals surface area contributed by atoms with E-state index in [1.54, 1.807) is 11.8 Å². The normalized spacial score (nSPS) is 34.6. The molecule has 0 aromatic carbocycles. The largest absolute Gasteiger partial charge is 0.383 e. The molecule has 3 fully saturated rings. The Hall–Kier alpha value is -1.65. The summed E-state index contributed by atoms with van der Waals surface area (Å²) in [5.41, 5.74) is 4.40. The predicted octanol–water partition coefficient (Wildman–Crippen LogP) is 7.23. The molecule has 0 bridgehead atoms. The Morgan fingerprint density at radius 1 is 0.809 bits per heavy atom. The Morgan fingerprint density at radius 2 is 1.23 bits per heavy atom. The third-order valence-electron chi connectivity index (χ3n) is 8.74. The molecule has 9 nitrogen and oxygen atoms in total. The first-order chi connectivity index (χ1) is 22.1. The van der Waals surface area contributed by atoms with Crippen LogP contribution in [0.5, 0.6) is 0 Å². The van der Waals surface area contributed by atoms with Gasteiger partial charge in [-0.1, -0.05) is 57.5 Å². The molecule has 5 rings (SSSR count). The molecule has 1 amide bonds. The molecule has 2 aromatic rings. The molecule has 1 unspecified atom stereocenters. The first kappa shape index (κ1) is 39.8. The number of hydrogen-bond donors (Lipinski definition) is 2. The number of rotatable bonds is 6. The van der Waals surface area contributed by atoms with Crippen molar-refractivity contribution >= 4 is 68.8 Å². The number of carbonyl (C=O) groups excluding carboxylic acids is 1. The van der Waals surface area contributed by atoms with Gasteiger partial charge in [-0.05, 0) is 31.4 Å². The quantitative estimate of drug-likeness (QED) is 0.292. The minimum atomic E-state index is -1.07. The summed E-state index contributed by atoms with van der Waals surface area (Å²) in [5, 5.41) is 2.39. The molecule has 12 atom stereocenters. The second-order valence-electron chi connectivity index (χ2n) is 12.0. The smallest absolute Gasteiger partial charge is 0.350 e. The van der Waals surface area contributed by atoms with Crippen LogP contribution in [-0.4, -0.2) is 63.4 Å². The fraction of sp³-hybridized carbons (Fsp3) is 0.710. The molecule has 16 heteroatoms. The number of aromatic nitrogens is 4. The minimum absolute atomic E-state index is 0.0347. The molecule has 264 valence electrons. The molecule has 3 aliphatic heterocycles. The van der Waals surface area contributed by atoms with Crippen molar-refractivity contribution in [3.05, 3.63) is 45.5 Å². The third kappa shape index (κ3) is 9.74. The molecular weight excluding hydrogens is 737 g/mol. The second kappa shape index (κ2) is 17.8. The molecule has 0 spiro atoms. The Bertz CT molecular complexity index is 1460. The lowest BCUT2D eigenvalue weighted by atomic mass is 10.0. The number of anilines is 2. The fourth-order valence-corrected chi connectivity index (χ4v) is 11.7. The molecule has 3 aliphatic rings. The van der Waals surface area contributed by atoms with Crippen molar-refractivity contribution in [1.29, 1.82) is 0 Å². The second-order valence-corrected chi connectivity index (χ2v) is 17.7. The van der Waals surface area contributed by atoms with Gasteiger partial charge in [0.2, 0.25) is 5.91 Å². The number of alkyl halides is 4. The van der Waals surface area contributed by atoms with Crippen molar-refractivity contribution in [3.8, 4) is 0 Å². The first-order valence-electron chi connectivity index (χ1n) is 15.9. The van der Waals surface area contributed by atoms with Crippen LogP contribution in [0, 0.1) is 17.8 Å². The first-order valence-corrected chi connectivity index (χ1v) is 19.6. The molecule has 5 heterocycles. The summed E-state index contributed by atoms with van der Waals surface area (Å²) < 4.78 is 44.2. The molecule has 3 saturated heterocycles. The fourth-order valence-electron chi connectivity index (χ4n) is 5.81. The highest BCUT2D eigenvalue weighted by Crippen LogP contribution is 2.48. The van der Waals surface area contributed by atoms with Gasteiger partial charge in [0, 0.05) is 52.8 Å². The predicted molar refractivity (Wildman–Crippen MR) is 194 cm³/mol. The Kier molecular flexibility index (Phi) is 15.1. The number of nitrogens with two attached hydrogens (primary N) is 1. The van der Waals surface area contributed by atoms with Crippen LogP contribution in [0.2, 0.25) is 0 Å². The summed E-state index contributed by atoms with van der Waals surface area (Å²) >= 11 is 8.02. The number of nitrogen functional groups attached to an aromatic ring is 1. The molecule has 0 radical (unpaired) electrons. The average Bonchev–Trinajstić information content (AvgIpc) is 3.58. The number of nitrogens with zero attached hydrogens (tertiary/aromatic N) is 4. The zero-order valence-electron chi connectivity index (χ0n) is 27.7. The van der Waals surface area contributed by atoms with E-state index in [-0.39, 0.29) is 50.0 Å². The summed E-state index contributed by atoms with van der Waals surface area (Å²) in [6.07, 6.45) is 3.12. The van der Waals surface area contributed by atoms with Crippen molar-refractivity contribution in [3.63, 3.8) is 0 Å². The van der Waals surface area contributed by atoms with Crippen LogP contribution in [0.3, 0.4) is 0 Å². The lowest BCUT2D eigenvalue weighted by Gasteiger charge is -2.16. The summed E-state index contributed by atoms with van der Waals surface area (Å²) in [6, 6.07) is 3.04. The van der Waals surface area contributed by atoms with Crippen molar-refractivity contribution in [2.24, 2.45) is 17.8 Å². The zero-order valence-corrected chi connectivity index (χ0v) is 31.7. The Morgan fingerprint density at radius 3 is 1.57 bits per heavy atom. The van der Waals surface area contributed by atoms with E-state index in [1.165, 1.54) is 64.1 Å². The monoisotopic (exact) mass is 782 g/mol. The summed E-state index contributed by atoms with van der Waals surface area (Å²) in [5.74, 6) is 0.158. The van der Waals surface area contributed by atoms with Crippen LogP contribution in [0.25, 0.3) is 0 Å². The number of amides is 1. The van der Waals surface area contributed by atoms with Gasteiger partial charge in [-0.2, -0.15) is 9.97 Å². The van der Waals surface area contributed by atoms with Gasteiger partial charge in [-0.15, -0.1) is 35.3 Å². The number of carbonyl (C=O) groups is 1. The van der Waals surface area contributed by atoms with Crippen LogP contribution < -0.4 is 22.4 Å². The number of hydrogen-bond acceptors (Lipinski definition) is 9. The molecule has 3 N–H and O–H groups in total. The van der Waals surface area contributed by atoms with E-state index < -0.39 is 40.6 Å². The Balaban J connectivity index is 0.000000202. The highest BCUT2D eigenvalue weighted by molar-refractivity contribution is 9.11. The molecule has 2 aromatic heterocycles. The Labute approximate surface area is 295 Å². The maximum atomic E-state index is 14.3. The molecular formula is C31H46BrF3N6O3S3. The van der Waals surface area contributed by atoms with E-state index >= 15 is 0 Å². The van der Waals surface area contributed by atoms with Gasteiger partial charge in [-0.25, -0.2) is 22.8 Å². The van der Waals surface area contributed by atoms with E-state index in [0.29, 0.717) is 5.25 Å². The van der Waals surface area contributed by atoms with Gasteiger partial charge in [0.15, 0.2) is 0 Å². The van der Waals surface area contributed by atoms with Crippen molar-refractivity contribution in [1.82, 2.24) is 19.1 Å². The van der Waals surface area contributed by atoms with Crippen LogP contribution in [0.1, 0.15) is 78.5 Å². The molecule has 47 heavy (non-hydrogen) atoms. The maximum Gasteiger partial charge on any atom is 0.350 e. The van der Waals surface area contributed by atoms with Gasteiger partial charge in [0.1, 0.15) is 40.9 Å². The van der Waals surface area contributed by atoms with Gasteiger partial charge >= 0.3 is 11.4 Å². The van der Waals surface area contributed by atoms with Gasteiger partial charge in [0.25, 0.3) is 0 Å². The lowest BCUT2D eigenvalue weighted by molar-refractivity contribution is -0.114. The van der Waals surface area contributed by atoms with Crippen LogP contribution >= 0.6 is 51.2 Å². The molecule has 0 saturated carbocycles. The van der Waals surface area contributed by atoms with Gasteiger partial charge in [0.05, 0.1) is 4.16 Å². The highest BCUT2D eigenvalue weighted by atomic mass is 79.9. The van der Waals surface area contributed by atoms with Crippen molar-refractivity contribution < 1.29 is 18.0 Å². The van der Waals surface area contributed by atoms with E-state index in [2.05, 4.69) is 38.1 Å². The highest BCUT2D eigenvalue weighted by Gasteiger charge is 2.43. The SMILES string of the molecule is CC[C@H]1SC(Br)[C@@H](F)[C@@H]1C.CC[C@H]1S[C@@H](n2ccc(N)nc2=O)[C@@H](F)[C@@H]1C.CC[C@H]1S[C@@H](n2ccc(NC(C)=O)nc2=O)[C@@H](F)[C@@H]1C. The number of nitrogens with one attached hydrogen (secondary N) is 1. The minimum Gasteiger partial charge on any atom is -0.383 e. The van der Waals surface area contributed by atoms with E-state index in [9.17, 15) is 27.6 Å². The summed E-state index contributed by atoms with van der Waals surface area (Å²) in [4.78, 5) is 42.0. The van der Waals surface area contributed by atoms with Crippen molar-refractivity contribution in [2.75, 3.05) is 11.1 Å². The van der Waals surface area contributed by atoms with Crippen LogP contribution in [-0.2, 0) is 4.79 Å². The van der Waals surface area contributed by atoms with E-state index in [0.717, 1.165) is 19.3 Å². The third-order valence-corrected chi connectivity index (χ3v) is 15.3. The average molecular weight is 784 g/mol. The number of thioether (sulfide) groups is 3. The summed E-state index contributed by atoms with van der Waals surface area (Å²) in [6.45, 7) is 13.3. The van der Waals surface area contributed by atoms with Crippen LogP contribution in [0.4, 0.5) is 24.8 Å². The summed E-state index contributed by atoms with van der Waals surface area (Å²) in [7, 11) is 0. The van der Waals surface area contributed by atoms with Crippen molar-refractivity contribution in [2.45, 2.75) is 117 Å².